The van der Waals surface area contributed by atoms with E-state index in [2.05, 4.69) is 10.1 Å². The Labute approximate surface area is 193 Å². The molecule has 0 radical (unpaired) electrons. The van der Waals surface area contributed by atoms with E-state index in [4.69, 9.17) is 18.7 Å². The summed E-state index contributed by atoms with van der Waals surface area (Å²) in [5, 5.41) is 4.13. The summed E-state index contributed by atoms with van der Waals surface area (Å²) in [6.07, 6.45) is 0.378. The van der Waals surface area contributed by atoms with Crippen LogP contribution in [0.1, 0.15) is 44.6 Å². The van der Waals surface area contributed by atoms with E-state index in [9.17, 15) is 4.79 Å². The van der Waals surface area contributed by atoms with Gasteiger partial charge >= 0.3 is 0 Å². The summed E-state index contributed by atoms with van der Waals surface area (Å²) in [5.41, 5.74) is 1.78. The molecule has 1 amide bonds. The van der Waals surface area contributed by atoms with Gasteiger partial charge in [0.25, 0.3) is 0 Å². The van der Waals surface area contributed by atoms with Crippen LogP contribution in [0.15, 0.2) is 47.0 Å². The summed E-state index contributed by atoms with van der Waals surface area (Å²) in [6.45, 7) is 7.52. The lowest BCUT2D eigenvalue weighted by molar-refractivity contribution is -0.128. The number of carbonyl (C=O) groups is 1. The van der Waals surface area contributed by atoms with E-state index in [1.807, 2.05) is 68.1 Å². The number of rotatable bonds is 9. The molecule has 2 heterocycles. The van der Waals surface area contributed by atoms with Crippen molar-refractivity contribution in [1.82, 2.24) is 15.0 Å². The molecule has 0 bridgehead atoms. The molecule has 1 fully saturated rings. The van der Waals surface area contributed by atoms with Crippen LogP contribution >= 0.6 is 0 Å². The number of likely N-dealkylation sites (tertiary alicyclic amines) is 1. The first-order valence-corrected chi connectivity index (χ1v) is 11.1. The number of nitrogens with zero attached hydrogens (tertiary/aromatic N) is 3. The van der Waals surface area contributed by atoms with Crippen molar-refractivity contribution in [3.05, 3.63) is 53.9 Å². The fourth-order valence-corrected chi connectivity index (χ4v) is 3.89. The monoisotopic (exact) mass is 451 g/mol. The standard InChI is InChI=1S/C25H29N3O5/c1-5-31-20-8-6-7-17(11-20)14-28-15-19(13-23(28)29)25-26-24(27-33-25)18-9-10-21(32-16(2)3)22(12-18)30-4/h6-12,16,19H,5,13-15H2,1-4H3. The minimum Gasteiger partial charge on any atom is -0.494 e. The second-order valence-corrected chi connectivity index (χ2v) is 8.24. The lowest BCUT2D eigenvalue weighted by Crippen LogP contribution is -2.24. The molecule has 1 aromatic heterocycles. The van der Waals surface area contributed by atoms with Gasteiger partial charge < -0.3 is 23.6 Å². The Balaban J connectivity index is 1.46. The molecule has 1 atom stereocenters. The highest BCUT2D eigenvalue weighted by molar-refractivity contribution is 5.79. The van der Waals surface area contributed by atoms with Crippen LogP contribution in [0, 0.1) is 0 Å². The maximum Gasteiger partial charge on any atom is 0.232 e. The van der Waals surface area contributed by atoms with Crippen molar-refractivity contribution in [3.8, 4) is 28.6 Å². The molecule has 0 aliphatic carbocycles. The molecule has 33 heavy (non-hydrogen) atoms. The van der Waals surface area contributed by atoms with E-state index in [-0.39, 0.29) is 17.9 Å². The highest BCUT2D eigenvalue weighted by Crippen LogP contribution is 2.34. The zero-order valence-corrected chi connectivity index (χ0v) is 19.4. The second kappa shape index (κ2) is 9.94. The van der Waals surface area contributed by atoms with Gasteiger partial charge in [0.2, 0.25) is 17.6 Å². The fraction of sp³-hybridized carbons (Fsp3) is 0.400. The van der Waals surface area contributed by atoms with Crippen molar-refractivity contribution in [2.45, 2.75) is 45.8 Å². The fourth-order valence-electron chi connectivity index (χ4n) is 3.89. The van der Waals surface area contributed by atoms with Crippen LogP contribution in [-0.2, 0) is 11.3 Å². The maximum absolute atomic E-state index is 12.6. The van der Waals surface area contributed by atoms with Gasteiger partial charge in [-0.15, -0.1) is 0 Å². The summed E-state index contributed by atoms with van der Waals surface area (Å²) in [4.78, 5) is 19.0. The Kier molecular flexibility index (Phi) is 6.82. The Morgan fingerprint density at radius 2 is 2.03 bits per heavy atom. The van der Waals surface area contributed by atoms with Crippen LogP contribution in [0.2, 0.25) is 0 Å². The van der Waals surface area contributed by atoms with Gasteiger partial charge in [-0.3, -0.25) is 4.79 Å². The highest BCUT2D eigenvalue weighted by atomic mass is 16.5. The highest BCUT2D eigenvalue weighted by Gasteiger charge is 2.34. The molecule has 0 saturated carbocycles. The summed E-state index contributed by atoms with van der Waals surface area (Å²) in [5.74, 6) is 2.91. The quantitative estimate of drug-likeness (QED) is 0.475. The zero-order valence-electron chi connectivity index (χ0n) is 19.4. The van der Waals surface area contributed by atoms with Crippen LogP contribution in [0.25, 0.3) is 11.4 Å². The van der Waals surface area contributed by atoms with Gasteiger partial charge in [0.05, 0.1) is 25.7 Å². The third-order valence-corrected chi connectivity index (χ3v) is 5.37. The number of ether oxygens (including phenoxy) is 3. The van der Waals surface area contributed by atoms with Gasteiger partial charge in [-0.05, 0) is 56.7 Å². The molecule has 1 aliphatic rings. The molecule has 1 unspecified atom stereocenters. The molecular weight excluding hydrogens is 422 g/mol. The minimum absolute atomic E-state index is 0.0334. The first-order chi connectivity index (χ1) is 16.0. The van der Waals surface area contributed by atoms with E-state index in [0.29, 0.717) is 49.3 Å². The van der Waals surface area contributed by atoms with E-state index in [1.165, 1.54) is 0 Å². The van der Waals surface area contributed by atoms with E-state index < -0.39 is 0 Å². The van der Waals surface area contributed by atoms with Gasteiger partial charge in [0.15, 0.2) is 11.5 Å². The molecule has 174 valence electrons. The molecule has 1 saturated heterocycles. The van der Waals surface area contributed by atoms with Crippen molar-refractivity contribution in [2.75, 3.05) is 20.3 Å². The second-order valence-electron chi connectivity index (χ2n) is 8.24. The molecule has 2 aromatic carbocycles. The Morgan fingerprint density at radius 3 is 2.79 bits per heavy atom. The summed E-state index contributed by atoms with van der Waals surface area (Å²) in [7, 11) is 1.59. The Morgan fingerprint density at radius 1 is 1.18 bits per heavy atom. The van der Waals surface area contributed by atoms with Crippen molar-refractivity contribution in [1.29, 1.82) is 0 Å². The number of methoxy groups -OCH3 is 1. The number of aromatic nitrogens is 2. The van der Waals surface area contributed by atoms with Gasteiger partial charge in [-0.2, -0.15) is 4.98 Å². The normalized spacial score (nSPS) is 15.8. The van der Waals surface area contributed by atoms with Crippen molar-refractivity contribution in [2.24, 2.45) is 0 Å². The molecule has 3 aromatic rings. The van der Waals surface area contributed by atoms with Crippen molar-refractivity contribution in [3.63, 3.8) is 0 Å². The largest absolute Gasteiger partial charge is 0.494 e. The van der Waals surface area contributed by atoms with Crippen LogP contribution in [-0.4, -0.2) is 47.3 Å². The predicted molar refractivity (Wildman–Crippen MR) is 122 cm³/mol. The topological polar surface area (TPSA) is 86.9 Å². The van der Waals surface area contributed by atoms with Crippen LogP contribution < -0.4 is 14.2 Å². The lowest BCUT2D eigenvalue weighted by atomic mass is 10.1. The van der Waals surface area contributed by atoms with Crippen LogP contribution in [0.4, 0.5) is 0 Å². The third kappa shape index (κ3) is 5.27. The summed E-state index contributed by atoms with van der Waals surface area (Å²) >= 11 is 0. The minimum atomic E-state index is -0.140. The van der Waals surface area contributed by atoms with E-state index >= 15 is 0 Å². The van der Waals surface area contributed by atoms with E-state index in [0.717, 1.165) is 16.9 Å². The smallest absolute Gasteiger partial charge is 0.232 e. The predicted octanol–water partition coefficient (Wildman–Crippen LogP) is 4.45. The number of carbonyl (C=O) groups excluding carboxylic acids is 1. The Bertz CT molecular complexity index is 1110. The number of hydrogen-bond acceptors (Lipinski definition) is 7. The number of hydrogen-bond donors (Lipinski definition) is 0. The van der Waals surface area contributed by atoms with E-state index in [1.54, 1.807) is 7.11 Å². The average molecular weight is 452 g/mol. The van der Waals surface area contributed by atoms with Gasteiger partial charge in [0.1, 0.15) is 5.75 Å². The van der Waals surface area contributed by atoms with Gasteiger partial charge in [-0.25, -0.2) is 0 Å². The zero-order chi connectivity index (χ0) is 23.4. The lowest BCUT2D eigenvalue weighted by Gasteiger charge is -2.16. The SMILES string of the molecule is CCOc1cccc(CN2CC(c3nc(-c4ccc(OC(C)C)c(OC)c4)no3)CC2=O)c1. The van der Waals surface area contributed by atoms with Crippen LogP contribution in [0.5, 0.6) is 17.2 Å². The molecule has 8 nitrogen and oxygen atoms in total. The molecule has 0 N–H and O–H groups in total. The summed E-state index contributed by atoms with van der Waals surface area (Å²) in [6, 6.07) is 13.3. The van der Waals surface area contributed by atoms with Gasteiger partial charge in [0, 0.05) is 25.1 Å². The average Bonchev–Trinajstić information content (AvgIpc) is 3.42. The first-order valence-electron chi connectivity index (χ1n) is 11.1. The van der Waals surface area contributed by atoms with Crippen molar-refractivity contribution >= 4 is 5.91 Å². The van der Waals surface area contributed by atoms with Gasteiger partial charge in [-0.1, -0.05) is 17.3 Å². The Hall–Kier alpha value is -3.55. The molecule has 0 spiro atoms. The first kappa shape index (κ1) is 22.6. The number of benzene rings is 2. The summed E-state index contributed by atoms with van der Waals surface area (Å²) < 4.78 is 22.3. The van der Waals surface area contributed by atoms with Crippen LogP contribution in [0.3, 0.4) is 0 Å². The molecule has 4 rings (SSSR count). The molecular formula is C25H29N3O5. The molecule has 1 aliphatic heterocycles. The maximum atomic E-state index is 12.6. The third-order valence-electron chi connectivity index (χ3n) is 5.37. The van der Waals surface area contributed by atoms with Crippen molar-refractivity contribution < 1.29 is 23.5 Å². The molecule has 8 heteroatoms. The number of amides is 1.